The quantitative estimate of drug-likeness (QED) is 0.157. The van der Waals surface area contributed by atoms with Crippen molar-refractivity contribution in [2.75, 3.05) is 13.2 Å². The monoisotopic (exact) mass is 884 g/mol. The SMILES string of the molecule is C[C@@H]1CC[C@@]2(OC1)OC1CC3C4CC=C5CC(O[C@@H]6O[C@@H](C)C(O[C@@H]7O[C@@H](C)C(O[C@@H]8[C@@H](O)[C@H](O)[C@@H](CO)O[C@@H]8O)[C@@H](O)[C@H]7O)[C@@H](O)[C@H]6O)CC[C@]5(C)C4CC[C@]3(C)[C@@]1(O)[C@@H]2C. The molecule has 5 aliphatic heterocycles. The van der Waals surface area contributed by atoms with Crippen molar-refractivity contribution in [3.05, 3.63) is 11.6 Å². The van der Waals surface area contributed by atoms with Gasteiger partial charge < -0.3 is 83.9 Å². The lowest BCUT2D eigenvalue weighted by Crippen LogP contribution is -2.66. The highest BCUT2D eigenvalue weighted by Gasteiger charge is 2.76. The van der Waals surface area contributed by atoms with Crippen LogP contribution in [0.1, 0.15) is 99.3 Å². The summed E-state index contributed by atoms with van der Waals surface area (Å²) in [5.74, 6) is 0.920. The molecule has 3 saturated carbocycles. The van der Waals surface area contributed by atoms with E-state index in [2.05, 4.69) is 33.8 Å². The van der Waals surface area contributed by atoms with Crippen LogP contribution in [0.25, 0.3) is 0 Å². The number of hydrogen-bond acceptors (Lipinski definition) is 17. The summed E-state index contributed by atoms with van der Waals surface area (Å²) in [5.41, 5.74) is 0.121. The van der Waals surface area contributed by atoms with Gasteiger partial charge in [0.25, 0.3) is 0 Å². The summed E-state index contributed by atoms with van der Waals surface area (Å²) in [4.78, 5) is 0. The Balaban J connectivity index is 0.804. The third kappa shape index (κ3) is 7.05. The first-order valence-corrected chi connectivity index (χ1v) is 23.3. The van der Waals surface area contributed by atoms with E-state index < -0.39 is 110 Å². The standard InChI is InChI=1S/C45H72O17/c1-19-9-14-44(55-18-19)22(4)45(54)29(62-44)16-27-25-8-7-23-15-24(10-12-42(23,5)26(25)11-13-43(27,45)6)58-40-34(51)33(50)37(21(3)56-40)61-41-35(52)32(49)36(20(2)57-41)60-38-31(48)30(47)28(17-46)59-39(38)53/h7,19-22,24-41,46-54H,8-18H2,1-6H3/t19-,20+,21+,22-,24?,25?,26?,27?,28-,29?,30-,31+,32+,33+,34-,35-,36?,37?,38-,39+,40+,41+,42+,43+,44-,45-/m1/s1. The topological polar surface area (TPSA) is 256 Å². The Hall–Kier alpha value is -0.940. The highest BCUT2D eigenvalue weighted by Crippen LogP contribution is 2.72. The molecule has 9 aliphatic rings. The van der Waals surface area contributed by atoms with Crippen LogP contribution in [0.4, 0.5) is 0 Å². The molecule has 7 unspecified atom stereocenters. The van der Waals surface area contributed by atoms with Crippen LogP contribution in [0.15, 0.2) is 11.6 Å². The molecule has 0 amide bonds. The summed E-state index contributed by atoms with van der Waals surface area (Å²) in [7, 11) is 0. The molecule has 26 atom stereocenters. The summed E-state index contributed by atoms with van der Waals surface area (Å²) in [6.07, 6.45) is -11.5. The van der Waals surface area contributed by atoms with E-state index in [1.54, 1.807) is 6.92 Å². The van der Waals surface area contributed by atoms with Crippen LogP contribution < -0.4 is 0 Å². The Morgan fingerprint density at radius 2 is 1.35 bits per heavy atom. The average molecular weight is 885 g/mol. The lowest BCUT2D eigenvalue weighted by molar-refractivity contribution is -0.369. The second-order valence-electron chi connectivity index (χ2n) is 21.1. The minimum absolute atomic E-state index is 0.0286. The molecule has 5 saturated heterocycles. The number of aliphatic hydroxyl groups excluding tert-OH is 8. The normalized spacial score (nSPS) is 58.9. The Labute approximate surface area is 363 Å². The fourth-order valence-corrected chi connectivity index (χ4v) is 14.0. The molecule has 354 valence electrons. The van der Waals surface area contributed by atoms with Gasteiger partial charge in [-0.25, -0.2) is 0 Å². The van der Waals surface area contributed by atoms with Crippen molar-refractivity contribution >= 4 is 0 Å². The van der Waals surface area contributed by atoms with Gasteiger partial charge in [0, 0.05) is 17.8 Å². The summed E-state index contributed by atoms with van der Waals surface area (Å²) >= 11 is 0. The molecule has 0 radical (unpaired) electrons. The third-order valence-corrected chi connectivity index (χ3v) is 17.9. The van der Waals surface area contributed by atoms with Crippen LogP contribution in [0.2, 0.25) is 0 Å². The predicted octanol–water partition coefficient (Wildman–Crippen LogP) is 0.357. The molecule has 62 heavy (non-hydrogen) atoms. The van der Waals surface area contributed by atoms with Gasteiger partial charge in [0.1, 0.15) is 66.6 Å². The van der Waals surface area contributed by atoms with E-state index in [0.717, 1.165) is 51.4 Å². The second kappa shape index (κ2) is 16.7. The summed E-state index contributed by atoms with van der Waals surface area (Å²) in [5, 5.41) is 98.2. The van der Waals surface area contributed by atoms with E-state index in [-0.39, 0.29) is 29.0 Å². The van der Waals surface area contributed by atoms with Crippen LogP contribution in [0.3, 0.4) is 0 Å². The maximum atomic E-state index is 12.7. The molecule has 17 nitrogen and oxygen atoms in total. The molecule has 0 aromatic rings. The molecular weight excluding hydrogens is 812 g/mol. The number of allylic oxidation sites excluding steroid dienone is 1. The smallest absolute Gasteiger partial charge is 0.187 e. The predicted molar refractivity (Wildman–Crippen MR) is 214 cm³/mol. The van der Waals surface area contributed by atoms with Crippen molar-refractivity contribution in [1.29, 1.82) is 0 Å². The van der Waals surface area contributed by atoms with Gasteiger partial charge in [0.15, 0.2) is 24.7 Å². The fourth-order valence-electron chi connectivity index (χ4n) is 14.0. The maximum absolute atomic E-state index is 12.7. The number of ether oxygens (including phenoxy) is 8. The number of hydrogen-bond donors (Lipinski definition) is 9. The molecule has 17 heteroatoms. The molecule has 0 aromatic heterocycles. The maximum Gasteiger partial charge on any atom is 0.187 e. The van der Waals surface area contributed by atoms with Crippen molar-refractivity contribution in [2.45, 2.75) is 215 Å². The third-order valence-electron chi connectivity index (χ3n) is 17.9. The van der Waals surface area contributed by atoms with Crippen LogP contribution in [0, 0.1) is 40.4 Å². The molecule has 8 fully saturated rings. The zero-order valence-electron chi connectivity index (χ0n) is 36.8. The highest BCUT2D eigenvalue weighted by molar-refractivity contribution is 5.29. The van der Waals surface area contributed by atoms with Gasteiger partial charge in [-0.15, -0.1) is 0 Å². The zero-order valence-corrected chi connectivity index (χ0v) is 36.8. The first-order chi connectivity index (χ1) is 29.3. The Kier molecular flexibility index (Phi) is 12.4. The molecule has 1 spiro atoms. The van der Waals surface area contributed by atoms with Crippen molar-refractivity contribution < 1.29 is 83.9 Å². The molecule has 0 aromatic carbocycles. The molecule has 4 aliphatic carbocycles. The average Bonchev–Trinajstić information content (AvgIpc) is 3.60. The van der Waals surface area contributed by atoms with Crippen molar-refractivity contribution in [2.24, 2.45) is 40.4 Å². The summed E-state index contributed by atoms with van der Waals surface area (Å²) in [6.45, 7) is 12.2. The van der Waals surface area contributed by atoms with Crippen molar-refractivity contribution in [3.63, 3.8) is 0 Å². The van der Waals surface area contributed by atoms with Crippen LogP contribution in [0.5, 0.6) is 0 Å². The zero-order chi connectivity index (χ0) is 44.4. The Morgan fingerprint density at radius 1 is 0.710 bits per heavy atom. The number of rotatable bonds is 7. The number of fused-ring (bicyclic) bond motifs is 7. The largest absolute Gasteiger partial charge is 0.394 e. The van der Waals surface area contributed by atoms with E-state index in [4.69, 9.17) is 37.9 Å². The Bertz CT molecular complexity index is 1640. The second-order valence-corrected chi connectivity index (χ2v) is 21.1. The van der Waals surface area contributed by atoms with E-state index in [9.17, 15) is 46.0 Å². The number of aliphatic hydroxyl groups is 9. The lowest BCUT2D eigenvalue weighted by Gasteiger charge is -2.60. The first kappa shape index (κ1) is 46.2. The molecular formula is C45H72O17. The van der Waals surface area contributed by atoms with Gasteiger partial charge in [-0.1, -0.05) is 39.3 Å². The van der Waals surface area contributed by atoms with Crippen molar-refractivity contribution in [3.8, 4) is 0 Å². The van der Waals surface area contributed by atoms with Crippen LogP contribution in [-0.2, 0) is 37.9 Å². The van der Waals surface area contributed by atoms with Gasteiger partial charge in [0.05, 0.1) is 37.6 Å². The fraction of sp³-hybridized carbons (Fsp3) is 0.956. The molecule has 5 heterocycles. The lowest BCUT2D eigenvalue weighted by atomic mass is 9.46. The van der Waals surface area contributed by atoms with Gasteiger partial charge in [0.2, 0.25) is 0 Å². The minimum atomic E-state index is -1.77. The van der Waals surface area contributed by atoms with Crippen molar-refractivity contribution in [1.82, 2.24) is 0 Å². The van der Waals surface area contributed by atoms with E-state index in [0.29, 0.717) is 36.7 Å². The minimum Gasteiger partial charge on any atom is -0.394 e. The van der Waals surface area contributed by atoms with Crippen LogP contribution in [-0.4, -0.2) is 175 Å². The summed E-state index contributed by atoms with van der Waals surface area (Å²) < 4.78 is 48.5. The summed E-state index contributed by atoms with van der Waals surface area (Å²) in [6, 6.07) is 0. The van der Waals surface area contributed by atoms with E-state index in [1.807, 2.05) is 0 Å². The molecule has 0 bridgehead atoms. The van der Waals surface area contributed by atoms with Gasteiger partial charge in [-0.3, -0.25) is 0 Å². The first-order valence-electron chi connectivity index (χ1n) is 23.3. The highest BCUT2D eigenvalue weighted by atomic mass is 16.7. The molecule has 9 N–H and O–H groups in total. The van der Waals surface area contributed by atoms with Crippen LogP contribution >= 0.6 is 0 Å². The van der Waals surface area contributed by atoms with E-state index >= 15 is 0 Å². The Morgan fingerprint density at radius 3 is 2.00 bits per heavy atom. The van der Waals surface area contributed by atoms with E-state index in [1.165, 1.54) is 12.5 Å². The van der Waals surface area contributed by atoms with Gasteiger partial charge in [-0.05, 0) is 94.3 Å². The molecule has 9 rings (SSSR count). The van der Waals surface area contributed by atoms with Gasteiger partial charge >= 0.3 is 0 Å². The van der Waals surface area contributed by atoms with Gasteiger partial charge in [-0.2, -0.15) is 0 Å².